The molecule has 1 aromatic carbocycles. The van der Waals surface area contributed by atoms with E-state index in [2.05, 4.69) is 5.32 Å². The van der Waals surface area contributed by atoms with Crippen molar-refractivity contribution in [2.45, 2.75) is 44.0 Å². The Morgan fingerprint density at radius 3 is 2.46 bits per heavy atom. The Morgan fingerprint density at radius 1 is 1.21 bits per heavy atom. The second-order valence-corrected chi connectivity index (χ2v) is 6.61. The summed E-state index contributed by atoms with van der Waals surface area (Å²) in [4.78, 5) is 12.6. The molecular formula is C17H20F3NO3. The number of hydrogen-bond donors (Lipinski definition) is 2. The van der Waals surface area contributed by atoms with Crippen molar-refractivity contribution in [1.82, 2.24) is 5.32 Å². The van der Waals surface area contributed by atoms with Crippen LogP contribution in [0.25, 0.3) is 0 Å². The maximum atomic E-state index is 12.7. The van der Waals surface area contributed by atoms with E-state index in [1.807, 2.05) is 0 Å². The fourth-order valence-electron chi connectivity index (χ4n) is 3.43. The van der Waals surface area contributed by atoms with Crippen molar-refractivity contribution in [3.05, 3.63) is 35.4 Å². The van der Waals surface area contributed by atoms with E-state index in [-0.39, 0.29) is 12.5 Å². The van der Waals surface area contributed by atoms with Gasteiger partial charge in [-0.1, -0.05) is 12.1 Å². The van der Waals surface area contributed by atoms with Crippen LogP contribution in [0.3, 0.4) is 0 Å². The van der Waals surface area contributed by atoms with Crippen LogP contribution in [0, 0.1) is 5.41 Å². The van der Waals surface area contributed by atoms with Gasteiger partial charge in [0.1, 0.15) is 0 Å². The Balaban J connectivity index is 1.66. The van der Waals surface area contributed by atoms with E-state index in [0.717, 1.165) is 12.1 Å². The van der Waals surface area contributed by atoms with Gasteiger partial charge in [-0.25, -0.2) is 0 Å². The van der Waals surface area contributed by atoms with Gasteiger partial charge in [-0.2, -0.15) is 13.2 Å². The smallest absolute Gasteiger partial charge is 0.389 e. The number of aliphatic hydroxyl groups is 1. The van der Waals surface area contributed by atoms with Crippen molar-refractivity contribution in [2.75, 3.05) is 13.2 Å². The van der Waals surface area contributed by atoms with Crippen molar-refractivity contribution < 1.29 is 27.8 Å². The summed E-state index contributed by atoms with van der Waals surface area (Å²) >= 11 is 0. The average Bonchev–Trinajstić information content (AvgIpc) is 3.35. The molecule has 4 nitrogen and oxygen atoms in total. The summed E-state index contributed by atoms with van der Waals surface area (Å²) in [6, 6.07) is 4.89. The molecule has 2 N–H and O–H groups in total. The maximum absolute atomic E-state index is 12.7. The predicted octanol–water partition coefficient (Wildman–Crippen LogP) is 2.64. The van der Waals surface area contributed by atoms with Crippen LogP contribution in [0.1, 0.15) is 36.8 Å². The molecule has 1 heterocycles. The Hall–Kier alpha value is -1.60. The molecule has 0 spiro atoms. The lowest BCUT2D eigenvalue weighted by molar-refractivity contribution is -0.149. The summed E-state index contributed by atoms with van der Waals surface area (Å²) in [5.41, 5.74) is -2.26. The molecule has 1 saturated heterocycles. The zero-order chi connectivity index (χ0) is 17.4. The van der Waals surface area contributed by atoms with E-state index in [1.165, 1.54) is 12.1 Å². The number of nitrogens with one attached hydrogen (secondary N) is 1. The summed E-state index contributed by atoms with van der Waals surface area (Å²) in [7, 11) is 0. The number of benzene rings is 1. The Bertz CT molecular complexity index is 620. The number of carbonyl (C=O) groups excluding carboxylic acids is 1. The molecule has 24 heavy (non-hydrogen) atoms. The third kappa shape index (κ3) is 3.15. The molecule has 3 rings (SSSR count). The predicted molar refractivity (Wildman–Crippen MR) is 80.0 cm³/mol. The molecule has 7 heteroatoms. The molecule has 1 aliphatic heterocycles. The molecule has 0 aromatic heterocycles. The lowest BCUT2D eigenvalue weighted by atomic mass is 9.77. The van der Waals surface area contributed by atoms with Crippen LogP contribution in [0.4, 0.5) is 13.2 Å². The highest BCUT2D eigenvalue weighted by Gasteiger charge is 2.63. The second-order valence-electron chi connectivity index (χ2n) is 6.61. The number of carbonyl (C=O) groups is 1. The van der Waals surface area contributed by atoms with E-state index < -0.39 is 22.8 Å². The molecule has 2 aliphatic rings. The number of halogens is 3. The summed E-state index contributed by atoms with van der Waals surface area (Å²) in [6.07, 6.45) is -2.40. The summed E-state index contributed by atoms with van der Waals surface area (Å²) in [5, 5.41) is 13.5. The molecule has 1 saturated carbocycles. The Labute approximate surface area is 138 Å². The number of rotatable bonds is 4. The van der Waals surface area contributed by atoms with Gasteiger partial charge >= 0.3 is 6.18 Å². The topological polar surface area (TPSA) is 58.6 Å². The van der Waals surface area contributed by atoms with Crippen LogP contribution >= 0.6 is 0 Å². The minimum absolute atomic E-state index is 0.0110. The normalized spacial score (nSPS) is 22.0. The lowest BCUT2D eigenvalue weighted by Crippen LogP contribution is -2.51. The van der Waals surface area contributed by atoms with Gasteiger partial charge in [-0.05, 0) is 30.5 Å². The highest BCUT2D eigenvalue weighted by Crippen LogP contribution is 2.57. The maximum Gasteiger partial charge on any atom is 0.416 e. The summed E-state index contributed by atoms with van der Waals surface area (Å²) in [5.74, 6) is -0.288. The van der Waals surface area contributed by atoms with Gasteiger partial charge in [0, 0.05) is 32.6 Å². The molecule has 0 atom stereocenters. The summed E-state index contributed by atoms with van der Waals surface area (Å²) in [6.45, 7) is 0.843. The Morgan fingerprint density at radius 2 is 1.88 bits per heavy atom. The first kappa shape index (κ1) is 17.2. The van der Waals surface area contributed by atoms with Gasteiger partial charge in [-0.3, -0.25) is 4.79 Å². The first-order valence-corrected chi connectivity index (χ1v) is 8.01. The van der Waals surface area contributed by atoms with Crippen LogP contribution < -0.4 is 5.32 Å². The third-order valence-corrected chi connectivity index (χ3v) is 5.10. The SMILES string of the molecule is O=C(NCc1cccc(C(F)(F)F)c1)C1(C2(O)CCOCC2)CC1. The average molecular weight is 343 g/mol. The number of ether oxygens (including phenoxy) is 1. The van der Waals surface area contributed by atoms with Gasteiger partial charge in [0.15, 0.2) is 0 Å². The van der Waals surface area contributed by atoms with E-state index in [9.17, 15) is 23.1 Å². The van der Waals surface area contributed by atoms with Gasteiger partial charge in [0.05, 0.1) is 16.6 Å². The first-order valence-electron chi connectivity index (χ1n) is 8.01. The van der Waals surface area contributed by atoms with Crippen LogP contribution in [0.15, 0.2) is 24.3 Å². The van der Waals surface area contributed by atoms with Crippen molar-refractivity contribution in [1.29, 1.82) is 0 Å². The van der Waals surface area contributed by atoms with Gasteiger partial charge < -0.3 is 15.2 Å². The largest absolute Gasteiger partial charge is 0.416 e. The van der Waals surface area contributed by atoms with Crippen LogP contribution in [0.5, 0.6) is 0 Å². The molecule has 0 unspecified atom stereocenters. The van der Waals surface area contributed by atoms with Gasteiger partial charge in [-0.15, -0.1) is 0 Å². The number of hydrogen-bond acceptors (Lipinski definition) is 3. The van der Waals surface area contributed by atoms with Gasteiger partial charge in [0.25, 0.3) is 0 Å². The van der Waals surface area contributed by atoms with E-state index in [1.54, 1.807) is 0 Å². The quantitative estimate of drug-likeness (QED) is 0.884. The highest BCUT2D eigenvalue weighted by molar-refractivity contribution is 5.86. The van der Waals surface area contributed by atoms with Crippen molar-refractivity contribution >= 4 is 5.91 Å². The third-order valence-electron chi connectivity index (χ3n) is 5.10. The number of amides is 1. The summed E-state index contributed by atoms with van der Waals surface area (Å²) < 4.78 is 43.4. The van der Waals surface area contributed by atoms with Crippen LogP contribution in [0.2, 0.25) is 0 Å². The zero-order valence-electron chi connectivity index (χ0n) is 13.2. The zero-order valence-corrected chi connectivity index (χ0v) is 13.2. The molecule has 1 aliphatic carbocycles. The minimum atomic E-state index is -4.41. The molecule has 1 aromatic rings. The standard InChI is InChI=1S/C17H20F3NO3/c18-17(19,20)13-3-1-2-12(10-13)11-21-14(22)15(4-5-15)16(23)6-8-24-9-7-16/h1-3,10,23H,4-9,11H2,(H,21,22). The highest BCUT2D eigenvalue weighted by atomic mass is 19.4. The van der Waals surface area contributed by atoms with E-state index in [4.69, 9.17) is 4.74 Å². The molecule has 0 bridgehead atoms. The molecule has 132 valence electrons. The fourth-order valence-corrected chi connectivity index (χ4v) is 3.43. The monoisotopic (exact) mass is 343 g/mol. The molecule has 0 radical (unpaired) electrons. The van der Waals surface area contributed by atoms with Crippen LogP contribution in [-0.2, 0) is 22.3 Å². The molecular weight excluding hydrogens is 323 g/mol. The van der Waals surface area contributed by atoms with Crippen molar-refractivity contribution in [3.63, 3.8) is 0 Å². The number of alkyl halides is 3. The Kier molecular flexibility index (Phi) is 4.34. The lowest BCUT2D eigenvalue weighted by Gasteiger charge is -2.38. The molecule has 1 amide bonds. The fraction of sp³-hybridized carbons (Fsp3) is 0.588. The van der Waals surface area contributed by atoms with E-state index in [0.29, 0.717) is 44.5 Å². The minimum Gasteiger partial charge on any atom is -0.389 e. The van der Waals surface area contributed by atoms with Crippen molar-refractivity contribution in [3.8, 4) is 0 Å². The van der Waals surface area contributed by atoms with E-state index >= 15 is 0 Å². The first-order chi connectivity index (χ1) is 11.3. The second kappa shape index (κ2) is 6.04. The van der Waals surface area contributed by atoms with Gasteiger partial charge in [0.2, 0.25) is 5.91 Å². The molecule has 2 fully saturated rings. The van der Waals surface area contributed by atoms with Crippen LogP contribution in [-0.4, -0.2) is 29.8 Å². The van der Waals surface area contributed by atoms with Crippen molar-refractivity contribution in [2.24, 2.45) is 5.41 Å².